The normalized spacial score (nSPS) is 12.3. The fraction of sp³-hybridized carbons (Fsp3) is 0.533. The summed E-state index contributed by atoms with van der Waals surface area (Å²) in [6, 6.07) is 5.77. The third-order valence-corrected chi connectivity index (χ3v) is 3.59. The van der Waals surface area contributed by atoms with Crippen LogP contribution >= 0.6 is 0 Å². The second-order valence-corrected chi connectivity index (χ2v) is 5.23. The number of nitrogens with two attached hydrogens (primary N) is 1. The minimum Gasteiger partial charge on any atom is -0.397 e. The average molecular weight is 263 g/mol. The topological polar surface area (TPSA) is 58.4 Å². The van der Waals surface area contributed by atoms with E-state index in [0.717, 1.165) is 5.69 Å². The van der Waals surface area contributed by atoms with Gasteiger partial charge in [0.25, 0.3) is 5.91 Å². The number of nitrogens with one attached hydrogen (secondary N) is 1. The fourth-order valence-corrected chi connectivity index (χ4v) is 1.92. The van der Waals surface area contributed by atoms with E-state index >= 15 is 0 Å². The molecule has 106 valence electrons. The minimum absolute atomic E-state index is 0.0608. The van der Waals surface area contributed by atoms with Crippen LogP contribution in [0.25, 0.3) is 0 Å². The molecular formula is C15H25N3O. The summed E-state index contributed by atoms with van der Waals surface area (Å²) in [7, 11) is 2.01. The van der Waals surface area contributed by atoms with Crippen molar-refractivity contribution in [2.45, 2.75) is 33.7 Å². The maximum absolute atomic E-state index is 11.9. The van der Waals surface area contributed by atoms with Crippen molar-refractivity contribution >= 4 is 17.3 Å². The Morgan fingerprint density at radius 3 is 2.53 bits per heavy atom. The molecule has 0 radical (unpaired) electrons. The molecular weight excluding hydrogens is 238 g/mol. The van der Waals surface area contributed by atoms with E-state index in [1.165, 1.54) is 0 Å². The highest BCUT2D eigenvalue weighted by molar-refractivity contribution is 5.96. The van der Waals surface area contributed by atoms with E-state index < -0.39 is 0 Å². The van der Waals surface area contributed by atoms with E-state index in [1.807, 2.05) is 20.0 Å². The molecule has 0 saturated carbocycles. The van der Waals surface area contributed by atoms with Crippen molar-refractivity contribution < 1.29 is 4.79 Å². The molecule has 4 heteroatoms. The van der Waals surface area contributed by atoms with E-state index in [-0.39, 0.29) is 5.91 Å². The summed E-state index contributed by atoms with van der Waals surface area (Å²) in [5.74, 6) is 0.451. The highest BCUT2D eigenvalue weighted by Gasteiger charge is 2.17. The number of benzene rings is 1. The van der Waals surface area contributed by atoms with Gasteiger partial charge in [-0.05, 0) is 38.0 Å². The molecule has 0 fully saturated rings. The number of rotatable bonds is 5. The Bertz CT molecular complexity index is 443. The van der Waals surface area contributed by atoms with Gasteiger partial charge in [-0.1, -0.05) is 13.8 Å². The second-order valence-electron chi connectivity index (χ2n) is 5.23. The zero-order valence-electron chi connectivity index (χ0n) is 12.5. The first-order valence-electron chi connectivity index (χ1n) is 6.79. The molecule has 1 unspecified atom stereocenters. The van der Waals surface area contributed by atoms with Crippen molar-refractivity contribution in [3.05, 3.63) is 23.8 Å². The fourth-order valence-electron chi connectivity index (χ4n) is 1.92. The first-order chi connectivity index (χ1) is 8.88. The molecule has 0 heterocycles. The van der Waals surface area contributed by atoms with Gasteiger partial charge in [0, 0.05) is 25.2 Å². The number of nitrogen functional groups attached to an aromatic ring is 1. The number of nitrogens with zero attached hydrogens (tertiary/aromatic N) is 1. The predicted molar refractivity (Wildman–Crippen MR) is 81.6 cm³/mol. The van der Waals surface area contributed by atoms with Gasteiger partial charge in [0.15, 0.2) is 0 Å². The van der Waals surface area contributed by atoms with Crippen LogP contribution in [0, 0.1) is 5.92 Å². The number of carbonyl (C=O) groups excluding carboxylic acids is 1. The molecule has 0 spiro atoms. The Labute approximate surface area is 116 Å². The minimum atomic E-state index is -0.0608. The Hall–Kier alpha value is -1.71. The number of hydrogen-bond acceptors (Lipinski definition) is 3. The Balaban J connectivity index is 3.06. The molecule has 19 heavy (non-hydrogen) atoms. The largest absolute Gasteiger partial charge is 0.397 e. The first-order valence-corrected chi connectivity index (χ1v) is 6.79. The predicted octanol–water partition coefficient (Wildman–Crippen LogP) is 2.50. The lowest BCUT2D eigenvalue weighted by Crippen LogP contribution is -2.34. The number of anilines is 2. The van der Waals surface area contributed by atoms with E-state index in [0.29, 0.717) is 29.8 Å². The van der Waals surface area contributed by atoms with Gasteiger partial charge in [-0.15, -0.1) is 0 Å². The second kappa shape index (κ2) is 6.45. The van der Waals surface area contributed by atoms with E-state index in [9.17, 15) is 4.79 Å². The number of carbonyl (C=O) groups is 1. The first kappa shape index (κ1) is 15.3. The van der Waals surface area contributed by atoms with E-state index in [1.54, 1.807) is 12.1 Å². The maximum Gasteiger partial charge on any atom is 0.251 e. The lowest BCUT2D eigenvalue weighted by molar-refractivity contribution is 0.0956. The monoisotopic (exact) mass is 263 g/mol. The molecule has 0 aliphatic carbocycles. The average Bonchev–Trinajstić information content (AvgIpc) is 2.37. The number of amides is 1. The summed E-state index contributed by atoms with van der Waals surface area (Å²) < 4.78 is 0. The third-order valence-electron chi connectivity index (χ3n) is 3.59. The van der Waals surface area contributed by atoms with Crippen molar-refractivity contribution in [3.8, 4) is 0 Å². The third kappa shape index (κ3) is 3.63. The van der Waals surface area contributed by atoms with Crippen LogP contribution in [0.1, 0.15) is 38.1 Å². The van der Waals surface area contributed by atoms with Gasteiger partial charge in [-0.2, -0.15) is 0 Å². The smallest absolute Gasteiger partial charge is 0.251 e. The van der Waals surface area contributed by atoms with Gasteiger partial charge in [0.05, 0.1) is 11.4 Å². The molecule has 4 nitrogen and oxygen atoms in total. The summed E-state index contributed by atoms with van der Waals surface area (Å²) in [6.07, 6.45) is 0. The molecule has 1 amide bonds. The van der Waals surface area contributed by atoms with Crippen molar-refractivity contribution in [1.29, 1.82) is 0 Å². The van der Waals surface area contributed by atoms with Crippen molar-refractivity contribution in [2.24, 2.45) is 5.92 Å². The molecule has 1 rings (SSSR count). The van der Waals surface area contributed by atoms with Crippen molar-refractivity contribution in [1.82, 2.24) is 5.32 Å². The van der Waals surface area contributed by atoms with Gasteiger partial charge >= 0.3 is 0 Å². The molecule has 1 aromatic carbocycles. The molecule has 3 N–H and O–H groups in total. The summed E-state index contributed by atoms with van der Waals surface area (Å²) in [6.45, 7) is 9.03. The van der Waals surface area contributed by atoms with Crippen LogP contribution in [-0.2, 0) is 0 Å². The van der Waals surface area contributed by atoms with E-state index in [4.69, 9.17) is 5.73 Å². The summed E-state index contributed by atoms with van der Waals surface area (Å²) in [5, 5.41) is 2.80. The molecule has 0 aliphatic rings. The Morgan fingerprint density at radius 1 is 1.37 bits per heavy atom. The van der Waals surface area contributed by atoms with Gasteiger partial charge in [0.2, 0.25) is 0 Å². The van der Waals surface area contributed by atoms with Crippen LogP contribution in [0.3, 0.4) is 0 Å². The van der Waals surface area contributed by atoms with Gasteiger partial charge < -0.3 is 16.0 Å². The van der Waals surface area contributed by atoms with E-state index in [2.05, 4.69) is 31.0 Å². The molecule has 1 aromatic rings. The Kier molecular flexibility index (Phi) is 5.21. The summed E-state index contributed by atoms with van der Waals surface area (Å²) in [5.41, 5.74) is 8.28. The number of hydrogen-bond donors (Lipinski definition) is 2. The Morgan fingerprint density at radius 2 is 2.00 bits per heavy atom. The van der Waals surface area contributed by atoms with Crippen LogP contribution in [-0.4, -0.2) is 25.5 Å². The van der Waals surface area contributed by atoms with Crippen LogP contribution in [0.4, 0.5) is 11.4 Å². The maximum atomic E-state index is 11.9. The molecule has 0 bridgehead atoms. The highest BCUT2D eigenvalue weighted by atomic mass is 16.1. The molecule has 1 atom stereocenters. The standard InChI is InChI=1S/C15H25N3O/c1-6-17-15(19)12-7-8-13(16)14(9-12)18(5)11(4)10(2)3/h7-11H,6,16H2,1-5H3,(H,17,19). The zero-order valence-corrected chi connectivity index (χ0v) is 12.5. The van der Waals surface area contributed by atoms with Crippen molar-refractivity contribution in [2.75, 3.05) is 24.2 Å². The summed E-state index contributed by atoms with van der Waals surface area (Å²) >= 11 is 0. The van der Waals surface area contributed by atoms with Crippen LogP contribution in [0.5, 0.6) is 0 Å². The van der Waals surface area contributed by atoms with Crippen LogP contribution < -0.4 is 16.0 Å². The SMILES string of the molecule is CCNC(=O)c1ccc(N)c(N(C)C(C)C(C)C)c1. The molecule has 0 aromatic heterocycles. The molecule has 0 aliphatic heterocycles. The lowest BCUT2D eigenvalue weighted by Gasteiger charge is -2.31. The van der Waals surface area contributed by atoms with Crippen LogP contribution in [0.2, 0.25) is 0 Å². The highest BCUT2D eigenvalue weighted by Crippen LogP contribution is 2.27. The van der Waals surface area contributed by atoms with Gasteiger partial charge in [0.1, 0.15) is 0 Å². The van der Waals surface area contributed by atoms with Gasteiger partial charge in [-0.3, -0.25) is 4.79 Å². The molecule has 0 saturated heterocycles. The van der Waals surface area contributed by atoms with Crippen LogP contribution in [0.15, 0.2) is 18.2 Å². The van der Waals surface area contributed by atoms with Gasteiger partial charge in [-0.25, -0.2) is 0 Å². The van der Waals surface area contributed by atoms with Crippen molar-refractivity contribution in [3.63, 3.8) is 0 Å². The zero-order chi connectivity index (χ0) is 14.6. The summed E-state index contributed by atoms with van der Waals surface area (Å²) in [4.78, 5) is 14.0. The lowest BCUT2D eigenvalue weighted by atomic mass is 10.0. The quantitative estimate of drug-likeness (QED) is 0.802.